The second-order valence-corrected chi connectivity index (χ2v) is 8.61. The number of nitrogens with one attached hydrogen (secondary N) is 1. The van der Waals surface area contributed by atoms with E-state index in [2.05, 4.69) is 23.2 Å². The van der Waals surface area contributed by atoms with E-state index in [0.29, 0.717) is 13.2 Å². The molecule has 1 amide bonds. The molecule has 0 unspecified atom stereocenters. The molecule has 0 atom stereocenters. The number of amides is 1. The van der Waals surface area contributed by atoms with E-state index in [1.165, 1.54) is 9.80 Å². The van der Waals surface area contributed by atoms with Gasteiger partial charge in [-0.2, -0.15) is 0 Å². The average molecular weight is 399 g/mol. The lowest BCUT2D eigenvalue weighted by Crippen LogP contribution is -2.36. The van der Waals surface area contributed by atoms with E-state index < -0.39 is 5.60 Å². The average Bonchev–Trinajstić information content (AvgIpc) is 3.05. The van der Waals surface area contributed by atoms with Crippen molar-refractivity contribution in [2.75, 3.05) is 20.2 Å². The van der Waals surface area contributed by atoms with Crippen molar-refractivity contribution < 1.29 is 14.3 Å². The van der Waals surface area contributed by atoms with Crippen molar-refractivity contribution in [2.45, 2.75) is 36.2 Å². The van der Waals surface area contributed by atoms with E-state index in [9.17, 15) is 4.79 Å². The highest BCUT2D eigenvalue weighted by Gasteiger charge is 2.19. The number of aromatic nitrogens is 1. The van der Waals surface area contributed by atoms with Crippen LogP contribution in [0.25, 0.3) is 10.9 Å². The van der Waals surface area contributed by atoms with Crippen LogP contribution in [0.4, 0.5) is 4.79 Å². The topological polar surface area (TPSA) is 54.6 Å². The van der Waals surface area contributed by atoms with Gasteiger partial charge in [-0.15, -0.1) is 0 Å². The third-order valence-corrected chi connectivity index (χ3v) is 5.07. The first-order valence-corrected chi connectivity index (χ1v) is 10.0. The first-order chi connectivity index (χ1) is 13.3. The molecule has 1 aromatic heterocycles. The second kappa shape index (κ2) is 8.61. The normalized spacial score (nSPS) is 11.4. The summed E-state index contributed by atoms with van der Waals surface area (Å²) in [7, 11) is 1.71. The van der Waals surface area contributed by atoms with Gasteiger partial charge < -0.3 is 19.4 Å². The minimum Gasteiger partial charge on any atom is -0.490 e. The number of carbonyl (C=O) groups is 1. The molecule has 1 N–H and O–H groups in total. The molecule has 0 aliphatic carbocycles. The van der Waals surface area contributed by atoms with Gasteiger partial charge >= 0.3 is 6.09 Å². The molecule has 1 heterocycles. The summed E-state index contributed by atoms with van der Waals surface area (Å²) in [4.78, 5) is 19.2. The maximum absolute atomic E-state index is 12.0. The van der Waals surface area contributed by atoms with E-state index in [-0.39, 0.29) is 6.09 Å². The number of fused-ring (bicyclic) bond motifs is 1. The van der Waals surface area contributed by atoms with Crippen LogP contribution in [0, 0.1) is 0 Å². The summed E-state index contributed by atoms with van der Waals surface area (Å²) in [5.41, 5.74) is 0.454. The van der Waals surface area contributed by atoms with Crippen LogP contribution >= 0.6 is 11.8 Å². The summed E-state index contributed by atoms with van der Waals surface area (Å²) in [6, 6.07) is 16.3. The van der Waals surface area contributed by atoms with E-state index in [1.54, 1.807) is 18.8 Å². The number of hydrogen-bond acceptors (Lipinski definition) is 4. The third-order valence-electron chi connectivity index (χ3n) is 4.00. The Hall–Kier alpha value is -2.60. The number of aromatic amines is 1. The first kappa shape index (κ1) is 20.1. The van der Waals surface area contributed by atoms with Gasteiger partial charge in [-0.25, -0.2) is 4.79 Å². The summed E-state index contributed by atoms with van der Waals surface area (Å²) in [5, 5.41) is 1.12. The first-order valence-electron chi connectivity index (χ1n) is 9.23. The molecule has 0 saturated carbocycles. The fourth-order valence-corrected chi connectivity index (χ4v) is 3.59. The smallest absolute Gasteiger partial charge is 0.410 e. The molecular weight excluding hydrogens is 372 g/mol. The molecule has 0 radical (unpaired) electrons. The van der Waals surface area contributed by atoms with Crippen molar-refractivity contribution in [3.63, 3.8) is 0 Å². The zero-order chi connectivity index (χ0) is 20.1. The Balaban J connectivity index is 1.63. The lowest BCUT2D eigenvalue weighted by Gasteiger charge is -2.24. The van der Waals surface area contributed by atoms with Crippen LogP contribution in [0.1, 0.15) is 20.8 Å². The number of carbonyl (C=O) groups excluding carboxylic acids is 1. The largest absolute Gasteiger partial charge is 0.490 e. The maximum Gasteiger partial charge on any atom is 0.410 e. The van der Waals surface area contributed by atoms with Crippen molar-refractivity contribution in [2.24, 2.45) is 0 Å². The van der Waals surface area contributed by atoms with Crippen LogP contribution < -0.4 is 4.74 Å². The molecule has 0 fully saturated rings. The van der Waals surface area contributed by atoms with Crippen molar-refractivity contribution in [3.8, 4) is 5.75 Å². The molecule has 3 rings (SSSR count). The highest BCUT2D eigenvalue weighted by Crippen LogP contribution is 2.36. The maximum atomic E-state index is 12.0. The molecule has 0 spiro atoms. The number of likely N-dealkylation sites (N-methyl/N-ethyl adjacent to an activating group) is 1. The Morgan fingerprint density at radius 2 is 1.86 bits per heavy atom. The summed E-state index contributed by atoms with van der Waals surface area (Å²) < 4.78 is 11.3. The standard InChI is InChI=1S/C22H26N2O3S/c1-22(2,3)27-21(25)24(4)13-14-26-18-12-8-11-17-19(15-23-20(17)18)28-16-9-6-5-7-10-16/h5-12,15,23H,13-14H2,1-4H3. The summed E-state index contributed by atoms with van der Waals surface area (Å²) in [6.07, 6.45) is 1.65. The summed E-state index contributed by atoms with van der Waals surface area (Å²) in [6.45, 7) is 6.39. The van der Waals surface area contributed by atoms with Gasteiger partial charge in [-0.3, -0.25) is 0 Å². The van der Waals surface area contributed by atoms with Crippen molar-refractivity contribution in [1.82, 2.24) is 9.88 Å². The lowest BCUT2D eigenvalue weighted by molar-refractivity contribution is 0.0278. The molecule has 2 aromatic carbocycles. The Morgan fingerprint density at radius 1 is 1.11 bits per heavy atom. The highest BCUT2D eigenvalue weighted by molar-refractivity contribution is 7.99. The van der Waals surface area contributed by atoms with Gasteiger partial charge in [0, 0.05) is 28.4 Å². The number of benzene rings is 2. The molecule has 0 saturated heterocycles. The monoisotopic (exact) mass is 398 g/mol. The number of H-pyrrole nitrogens is 1. The number of ether oxygens (including phenoxy) is 2. The second-order valence-electron chi connectivity index (χ2n) is 7.50. The van der Waals surface area contributed by atoms with E-state index in [0.717, 1.165) is 21.5 Å². The van der Waals surface area contributed by atoms with Crippen molar-refractivity contribution >= 4 is 28.8 Å². The Labute approximate surface area is 170 Å². The molecule has 5 nitrogen and oxygen atoms in total. The Morgan fingerprint density at radius 3 is 2.57 bits per heavy atom. The Bertz CT molecular complexity index is 932. The van der Waals surface area contributed by atoms with Crippen molar-refractivity contribution in [3.05, 3.63) is 54.7 Å². The number of rotatable bonds is 6. The van der Waals surface area contributed by atoms with Crippen LogP contribution in [-0.2, 0) is 4.74 Å². The van der Waals surface area contributed by atoms with E-state index >= 15 is 0 Å². The van der Waals surface area contributed by atoms with Gasteiger partial charge in [-0.05, 0) is 39.0 Å². The fraction of sp³-hybridized carbons (Fsp3) is 0.318. The zero-order valence-corrected chi connectivity index (χ0v) is 17.5. The number of para-hydroxylation sites is 1. The minimum atomic E-state index is -0.505. The minimum absolute atomic E-state index is 0.351. The predicted molar refractivity (Wildman–Crippen MR) is 113 cm³/mol. The Kier molecular flexibility index (Phi) is 6.19. The van der Waals surface area contributed by atoms with E-state index in [1.807, 2.05) is 57.3 Å². The fourth-order valence-electron chi connectivity index (χ4n) is 2.64. The van der Waals surface area contributed by atoms with Crippen LogP contribution in [0.3, 0.4) is 0 Å². The molecule has 148 valence electrons. The van der Waals surface area contributed by atoms with Crippen LogP contribution in [0.15, 0.2) is 64.5 Å². The molecular formula is C22H26N2O3S. The number of nitrogens with zero attached hydrogens (tertiary/aromatic N) is 1. The van der Waals surface area contributed by atoms with Gasteiger partial charge in [0.05, 0.1) is 12.1 Å². The number of hydrogen-bond donors (Lipinski definition) is 1. The molecule has 0 aliphatic heterocycles. The quantitative estimate of drug-likeness (QED) is 0.590. The van der Waals surface area contributed by atoms with Gasteiger partial charge in [0.15, 0.2) is 0 Å². The SMILES string of the molecule is CN(CCOc1cccc2c(Sc3ccccc3)c[nH]c12)C(=O)OC(C)(C)C. The highest BCUT2D eigenvalue weighted by atomic mass is 32.2. The van der Waals surface area contributed by atoms with Crippen LogP contribution in [0.2, 0.25) is 0 Å². The summed E-state index contributed by atoms with van der Waals surface area (Å²) >= 11 is 1.71. The third kappa shape index (κ3) is 5.23. The van der Waals surface area contributed by atoms with Gasteiger partial charge in [0.1, 0.15) is 18.0 Å². The van der Waals surface area contributed by atoms with Gasteiger partial charge in [0.25, 0.3) is 0 Å². The molecule has 3 aromatic rings. The summed E-state index contributed by atoms with van der Waals surface area (Å²) in [5.74, 6) is 0.773. The lowest BCUT2D eigenvalue weighted by atomic mass is 10.2. The van der Waals surface area contributed by atoms with Gasteiger partial charge in [-0.1, -0.05) is 42.1 Å². The van der Waals surface area contributed by atoms with Crippen LogP contribution in [0.5, 0.6) is 5.75 Å². The predicted octanol–water partition coefficient (Wildman–Crippen LogP) is 5.56. The van der Waals surface area contributed by atoms with Gasteiger partial charge in [0.2, 0.25) is 0 Å². The van der Waals surface area contributed by atoms with E-state index in [4.69, 9.17) is 9.47 Å². The molecule has 6 heteroatoms. The van der Waals surface area contributed by atoms with Crippen molar-refractivity contribution in [1.29, 1.82) is 0 Å². The molecule has 0 bridgehead atoms. The molecule has 0 aliphatic rings. The van der Waals surface area contributed by atoms with Crippen LogP contribution in [-0.4, -0.2) is 41.8 Å². The molecule has 28 heavy (non-hydrogen) atoms. The zero-order valence-electron chi connectivity index (χ0n) is 16.7.